The highest BCUT2D eigenvalue weighted by molar-refractivity contribution is 9.10. The number of nitriles is 1. The van der Waals surface area contributed by atoms with Crippen molar-refractivity contribution in [1.82, 2.24) is 5.32 Å². The number of alkyl halides is 2. The zero-order valence-corrected chi connectivity index (χ0v) is 18.3. The number of benzene rings is 2. The molecule has 0 aliphatic carbocycles. The van der Waals surface area contributed by atoms with Crippen LogP contribution in [0, 0.1) is 11.3 Å². The summed E-state index contributed by atoms with van der Waals surface area (Å²) in [6.07, 6.45) is -3.48. The Balaban J connectivity index is 1.97. The number of carbonyl (C=O) groups is 1. The van der Waals surface area contributed by atoms with Crippen LogP contribution in [0.15, 0.2) is 40.9 Å². The van der Waals surface area contributed by atoms with Gasteiger partial charge in [0.2, 0.25) is 0 Å². The monoisotopic (exact) mass is 492 g/mol. The van der Waals surface area contributed by atoms with Gasteiger partial charge in [-0.2, -0.15) is 14.0 Å². The molecule has 6 rings (SSSR count). The van der Waals surface area contributed by atoms with Crippen molar-refractivity contribution >= 4 is 34.8 Å². The molecule has 4 aliphatic heterocycles. The maximum Gasteiger partial charge on any atom is 0.397 e. The fourth-order valence-electron chi connectivity index (χ4n) is 3.18. The summed E-state index contributed by atoms with van der Waals surface area (Å²) in [5.74, 6) is -0.266. The molecule has 0 spiro atoms. The van der Waals surface area contributed by atoms with Crippen molar-refractivity contribution in [2.24, 2.45) is 0 Å². The Morgan fingerprint density at radius 3 is 2.61 bits per heavy atom. The molecule has 0 radical (unpaired) electrons. The Hall–Kier alpha value is -2.64. The molecule has 10 heteroatoms. The van der Waals surface area contributed by atoms with Gasteiger partial charge in [-0.1, -0.05) is 6.07 Å². The molecule has 4 aliphatic rings. The lowest BCUT2D eigenvalue weighted by molar-refractivity contribution is -0.181. The van der Waals surface area contributed by atoms with E-state index in [0.29, 0.717) is 27.7 Å². The molecular weight excluding hydrogens is 473 g/mol. The fraction of sp³-hybridized carbons (Fsp3) is 0.333. The van der Waals surface area contributed by atoms with E-state index in [2.05, 4.69) is 21.2 Å². The van der Waals surface area contributed by atoms with E-state index in [1.165, 1.54) is 31.2 Å². The van der Waals surface area contributed by atoms with Crippen LogP contribution >= 0.6 is 15.9 Å². The number of halogens is 3. The van der Waals surface area contributed by atoms with Gasteiger partial charge >= 0.3 is 13.6 Å². The Labute approximate surface area is 187 Å². The molecule has 6 nitrogen and oxygen atoms in total. The summed E-state index contributed by atoms with van der Waals surface area (Å²) in [4.78, 5) is 12.6. The quantitative estimate of drug-likeness (QED) is 0.597. The van der Waals surface area contributed by atoms with Crippen LogP contribution in [0.1, 0.15) is 35.7 Å². The van der Waals surface area contributed by atoms with Gasteiger partial charge < -0.3 is 19.8 Å². The minimum atomic E-state index is -3.39. The van der Waals surface area contributed by atoms with Gasteiger partial charge in [0.15, 0.2) is 5.54 Å². The molecule has 31 heavy (non-hydrogen) atoms. The van der Waals surface area contributed by atoms with Crippen LogP contribution in [0.2, 0.25) is 0 Å². The van der Waals surface area contributed by atoms with E-state index < -0.39 is 24.0 Å². The molecule has 2 aromatic rings. The Morgan fingerprint density at radius 2 is 1.97 bits per heavy atom. The molecule has 2 N–H and O–H groups in total. The van der Waals surface area contributed by atoms with Crippen molar-refractivity contribution in [3.63, 3.8) is 0 Å². The average molecular weight is 493 g/mol. The van der Waals surface area contributed by atoms with E-state index in [1.54, 1.807) is 12.1 Å². The summed E-state index contributed by atoms with van der Waals surface area (Å²) in [6, 6.07) is 10.6. The second-order valence-corrected chi connectivity index (χ2v) is 8.27. The van der Waals surface area contributed by atoms with Gasteiger partial charge in [0.05, 0.1) is 17.0 Å². The minimum Gasteiger partial charge on any atom is -0.489 e. The SMILES string of the molecule is C[C@]1(C#N)COc2ccc(c(BO)c2Br)CCCC(F)(F)Oc2ccc(cc2)C(=O)N1. The third kappa shape index (κ3) is 5.54. The normalized spacial score (nSPS) is 21.1. The lowest BCUT2D eigenvalue weighted by atomic mass is 9.82. The van der Waals surface area contributed by atoms with Crippen molar-refractivity contribution in [2.45, 2.75) is 37.8 Å². The summed E-state index contributed by atoms with van der Waals surface area (Å²) in [5.41, 5.74) is 0.0356. The zero-order chi connectivity index (χ0) is 22.6. The van der Waals surface area contributed by atoms with Crippen LogP contribution in [0.4, 0.5) is 8.78 Å². The van der Waals surface area contributed by atoms with E-state index in [0.717, 1.165) is 0 Å². The average Bonchev–Trinajstić information content (AvgIpc) is 2.72. The Kier molecular flexibility index (Phi) is 6.87. The summed E-state index contributed by atoms with van der Waals surface area (Å²) < 4.78 is 39.6. The first kappa shape index (κ1) is 23.0. The molecular formula is C21H20BBrF2N2O4. The molecule has 2 aromatic carbocycles. The maximum absolute atomic E-state index is 14.3. The van der Waals surface area contributed by atoms with Crippen LogP contribution in [0.3, 0.4) is 0 Å². The number of aryl methyl sites for hydroxylation is 1. The van der Waals surface area contributed by atoms with Gasteiger partial charge in [-0.15, -0.1) is 0 Å². The Bertz CT molecular complexity index is 1010. The second kappa shape index (κ2) is 9.24. The highest BCUT2D eigenvalue weighted by Crippen LogP contribution is 2.29. The standard InChI is InChI=1S/C21H20BBrF2N2O4/c1-20(11-26)12-30-16-9-6-13(17(22-29)18(16)23)3-2-10-21(24,25)31-15-7-4-14(5-8-15)19(28)27-20/h4-9,22,29H,2-3,10,12H2,1H3,(H,27,28)/t20-/m0/s1. The van der Waals surface area contributed by atoms with Gasteiger partial charge in [0, 0.05) is 5.56 Å². The molecule has 1 amide bonds. The highest BCUT2D eigenvalue weighted by atomic mass is 79.9. The first-order valence-electron chi connectivity index (χ1n) is 9.61. The number of ether oxygens (including phenoxy) is 2. The van der Waals surface area contributed by atoms with E-state index in [1.807, 2.05) is 6.07 Å². The zero-order valence-electron chi connectivity index (χ0n) is 16.8. The lowest BCUT2D eigenvalue weighted by Crippen LogP contribution is -2.49. The number of nitrogens with zero attached hydrogens (tertiary/aromatic N) is 1. The smallest absolute Gasteiger partial charge is 0.397 e. The first-order chi connectivity index (χ1) is 14.7. The summed E-state index contributed by atoms with van der Waals surface area (Å²) in [7, 11) is -0.321. The number of nitrogens with one attached hydrogen (secondary N) is 1. The van der Waals surface area contributed by atoms with Crippen molar-refractivity contribution in [2.75, 3.05) is 6.61 Å². The van der Waals surface area contributed by atoms with Gasteiger partial charge in [-0.05, 0) is 77.1 Å². The molecule has 0 aromatic heterocycles. The molecule has 0 saturated heterocycles. The summed E-state index contributed by atoms with van der Waals surface area (Å²) >= 11 is 3.38. The fourth-order valence-corrected chi connectivity index (χ4v) is 3.81. The van der Waals surface area contributed by atoms with Crippen LogP contribution in [0.5, 0.6) is 11.5 Å². The Morgan fingerprint density at radius 1 is 1.26 bits per heavy atom. The highest BCUT2D eigenvalue weighted by Gasteiger charge is 2.32. The maximum atomic E-state index is 14.3. The first-order valence-corrected chi connectivity index (χ1v) is 10.4. The van der Waals surface area contributed by atoms with Gasteiger partial charge in [0.25, 0.3) is 5.91 Å². The predicted octanol–water partition coefficient (Wildman–Crippen LogP) is 2.82. The minimum absolute atomic E-state index is 0.0720. The van der Waals surface area contributed by atoms with E-state index in [9.17, 15) is 23.9 Å². The predicted molar refractivity (Wildman–Crippen MR) is 115 cm³/mol. The van der Waals surface area contributed by atoms with Gasteiger partial charge in [-0.3, -0.25) is 4.79 Å². The summed E-state index contributed by atoms with van der Waals surface area (Å²) in [5, 5.41) is 22.0. The molecule has 0 fully saturated rings. The van der Waals surface area contributed by atoms with Crippen LogP contribution < -0.4 is 20.3 Å². The van der Waals surface area contributed by atoms with Crippen molar-refractivity contribution < 1.29 is 28.1 Å². The van der Waals surface area contributed by atoms with E-state index >= 15 is 0 Å². The third-order valence-electron chi connectivity index (χ3n) is 4.91. The topological polar surface area (TPSA) is 91.6 Å². The molecule has 1 atom stereocenters. The third-order valence-corrected chi connectivity index (χ3v) is 5.78. The van der Waals surface area contributed by atoms with Gasteiger partial charge in [-0.25, -0.2) is 0 Å². The number of hydrogen-bond donors (Lipinski definition) is 2. The molecule has 162 valence electrons. The van der Waals surface area contributed by atoms with Crippen molar-refractivity contribution in [3.8, 4) is 17.6 Å². The van der Waals surface area contributed by atoms with E-state index in [4.69, 9.17) is 9.47 Å². The molecule has 4 bridgehead atoms. The lowest BCUT2D eigenvalue weighted by Gasteiger charge is -2.25. The number of amides is 1. The van der Waals surface area contributed by atoms with Crippen LogP contribution in [-0.4, -0.2) is 36.7 Å². The number of hydrogen-bond acceptors (Lipinski definition) is 5. The molecule has 4 heterocycles. The molecule has 0 saturated carbocycles. The molecule has 0 unspecified atom stereocenters. The van der Waals surface area contributed by atoms with Crippen molar-refractivity contribution in [3.05, 3.63) is 52.0 Å². The van der Waals surface area contributed by atoms with Crippen molar-refractivity contribution in [1.29, 1.82) is 5.26 Å². The van der Waals surface area contributed by atoms with Gasteiger partial charge in [0.1, 0.15) is 18.1 Å². The van der Waals surface area contributed by atoms with E-state index in [-0.39, 0.29) is 31.8 Å². The van der Waals surface area contributed by atoms with Crippen LogP contribution in [-0.2, 0) is 6.42 Å². The number of carbonyl (C=O) groups excluding carboxylic acids is 1. The van der Waals surface area contributed by atoms with Crippen LogP contribution in [0.25, 0.3) is 0 Å². The largest absolute Gasteiger partial charge is 0.489 e. The number of rotatable bonds is 1. The summed E-state index contributed by atoms with van der Waals surface area (Å²) in [6.45, 7) is 1.36. The second-order valence-electron chi connectivity index (χ2n) is 7.48.